The monoisotopic (exact) mass is 240 g/mol. The maximum atomic E-state index is 5.65. The van der Waals surface area contributed by atoms with Gasteiger partial charge in [0.15, 0.2) is 0 Å². The van der Waals surface area contributed by atoms with Gasteiger partial charge in [-0.3, -0.25) is 0 Å². The standard InChI is InChI=1S/C10H13BrN2/c11-9-1-2-10-8(4-9)3-7(5-12)6-13-10/h1-2,4,7,13H,3,5-6,12H2. The van der Waals surface area contributed by atoms with E-state index < -0.39 is 0 Å². The van der Waals surface area contributed by atoms with Crippen molar-refractivity contribution < 1.29 is 0 Å². The molecule has 0 aromatic heterocycles. The van der Waals surface area contributed by atoms with Crippen molar-refractivity contribution in [3.8, 4) is 0 Å². The fourth-order valence-electron chi connectivity index (χ4n) is 1.71. The Morgan fingerprint density at radius 1 is 1.54 bits per heavy atom. The molecular formula is C10H13BrN2. The van der Waals surface area contributed by atoms with Crippen molar-refractivity contribution in [3.63, 3.8) is 0 Å². The van der Waals surface area contributed by atoms with Crippen molar-refractivity contribution in [1.29, 1.82) is 0 Å². The Morgan fingerprint density at radius 2 is 2.38 bits per heavy atom. The van der Waals surface area contributed by atoms with Crippen LogP contribution < -0.4 is 11.1 Å². The van der Waals surface area contributed by atoms with Gasteiger partial charge in [-0.15, -0.1) is 0 Å². The molecular weight excluding hydrogens is 228 g/mol. The molecule has 0 radical (unpaired) electrons. The Kier molecular flexibility index (Phi) is 2.56. The quantitative estimate of drug-likeness (QED) is 0.789. The molecule has 0 aliphatic carbocycles. The molecule has 1 aromatic rings. The summed E-state index contributed by atoms with van der Waals surface area (Å²) in [5.74, 6) is 0.585. The van der Waals surface area contributed by atoms with Gasteiger partial charge in [-0.2, -0.15) is 0 Å². The molecule has 2 rings (SSSR count). The predicted octanol–water partition coefficient (Wildman–Crippen LogP) is 1.99. The van der Waals surface area contributed by atoms with Crippen LogP contribution in [0.4, 0.5) is 5.69 Å². The number of benzene rings is 1. The molecule has 3 N–H and O–H groups in total. The molecule has 1 unspecified atom stereocenters. The number of hydrogen-bond acceptors (Lipinski definition) is 2. The van der Waals surface area contributed by atoms with Crippen LogP contribution in [0.15, 0.2) is 22.7 Å². The van der Waals surface area contributed by atoms with Crippen molar-refractivity contribution in [2.75, 3.05) is 18.4 Å². The molecule has 1 atom stereocenters. The molecule has 2 nitrogen and oxygen atoms in total. The van der Waals surface area contributed by atoms with Gasteiger partial charge in [-0.25, -0.2) is 0 Å². The molecule has 1 aromatic carbocycles. The first-order valence-electron chi connectivity index (χ1n) is 4.52. The van der Waals surface area contributed by atoms with E-state index in [0.29, 0.717) is 5.92 Å². The molecule has 13 heavy (non-hydrogen) atoms. The minimum atomic E-state index is 0.585. The lowest BCUT2D eigenvalue weighted by atomic mass is 9.94. The third-order valence-corrected chi connectivity index (χ3v) is 2.98. The number of hydrogen-bond donors (Lipinski definition) is 2. The summed E-state index contributed by atoms with van der Waals surface area (Å²) >= 11 is 3.47. The van der Waals surface area contributed by atoms with Crippen molar-refractivity contribution in [2.45, 2.75) is 6.42 Å². The summed E-state index contributed by atoms with van der Waals surface area (Å²) in [7, 11) is 0. The average Bonchev–Trinajstić information content (AvgIpc) is 2.16. The highest BCUT2D eigenvalue weighted by molar-refractivity contribution is 9.10. The van der Waals surface area contributed by atoms with E-state index in [0.717, 1.165) is 24.0 Å². The number of nitrogens with one attached hydrogen (secondary N) is 1. The fraction of sp³-hybridized carbons (Fsp3) is 0.400. The summed E-state index contributed by atoms with van der Waals surface area (Å²) < 4.78 is 1.14. The summed E-state index contributed by atoms with van der Waals surface area (Å²) in [6, 6.07) is 6.35. The number of nitrogens with two attached hydrogens (primary N) is 1. The Balaban J connectivity index is 2.27. The van der Waals surface area contributed by atoms with Crippen molar-refractivity contribution in [3.05, 3.63) is 28.2 Å². The first-order valence-corrected chi connectivity index (χ1v) is 5.31. The maximum absolute atomic E-state index is 5.65. The third-order valence-electron chi connectivity index (χ3n) is 2.49. The maximum Gasteiger partial charge on any atom is 0.0373 e. The average molecular weight is 241 g/mol. The van der Waals surface area contributed by atoms with Gasteiger partial charge in [-0.05, 0) is 42.6 Å². The van der Waals surface area contributed by atoms with E-state index in [9.17, 15) is 0 Å². The van der Waals surface area contributed by atoms with Gasteiger partial charge in [0.25, 0.3) is 0 Å². The lowest BCUT2D eigenvalue weighted by molar-refractivity contribution is 0.550. The van der Waals surface area contributed by atoms with Crippen LogP contribution in [0.1, 0.15) is 5.56 Å². The molecule has 0 bridgehead atoms. The van der Waals surface area contributed by atoms with Crippen LogP contribution >= 0.6 is 15.9 Å². The summed E-state index contributed by atoms with van der Waals surface area (Å²) in [6.45, 7) is 1.77. The van der Waals surface area contributed by atoms with E-state index in [-0.39, 0.29) is 0 Å². The zero-order chi connectivity index (χ0) is 9.26. The smallest absolute Gasteiger partial charge is 0.0373 e. The van der Waals surface area contributed by atoms with Crippen LogP contribution in [-0.4, -0.2) is 13.1 Å². The van der Waals surface area contributed by atoms with Crippen molar-refractivity contribution in [1.82, 2.24) is 0 Å². The van der Waals surface area contributed by atoms with Gasteiger partial charge in [0.05, 0.1) is 0 Å². The molecule has 70 valence electrons. The molecule has 1 aliphatic rings. The minimum Gasteiger partial charge on any atom is -0.384 e. The number of halogens is 1. The van der Waals surface area contributed by atoms with Gasteiger partial charge >= 0.3 is 0 Å². The molecule has 0 fully saturated rings. The second-order valence-electron chi connectivity index (χ2n) is 3.49. The van der Waals surface area contributed by atoms with Gasteiger partial charge < -0.3 is 11.1 Å². The molecule has 0 amide bonds. The summed E-state index contributed by atoms with van der Waals surface area (Å²) in [5, 5.41) is 3.39. The van der Waals surface area contributed by atoms with Crippen LogP contribution in [0.5, 0.6) is 0 Å². The fourth-order valence-corrected chi connectivity index (χ4v) is 2.12. The van der Waals surface area contributed by atoms with Crippen molar-refractivity contribution >= 4 is 21.6 Å². The highest BCUT2D eigenvalue weighted by atomic mass is 79.9. The zero-order valence-electron chi connectivity index (χ0n) is 7.39. The second-order valence-corrected chi connectivity index (χ2v) is 4.40. The van der Waals surface area contributed by atoms with E-state index >= 15 is 0 Å². The first-order chi connectivity index (χ1) is 6.29. The van der Waals surface area contributed by atoms with Crippen LogP contribution in [-0.2, 0) is 6.42 Å². The predicted molar refractivity (Wildman–Crippen MR) is 58.9 cm³/mol. The highest BCUT2D eigenvalue weighted by Crippen LogP contribution is 2.27. The van der Waals surface area contributed by atoms with Crippen LogP contribution in [0.3, 0.4) is 0 Å². The van der Waals surface area contributed by atoms with E-state index in [1.807, 2.05) is 0 Å². The number of anilines is 1. The van der Waals surface area contributed by atoms with Crippen LogP contribution in [0.25, 0.3) is 0 Å². The second kappa shape index (κ2) is 3.68. The van der Waals surface area contributed by atoms with E-state index in [1.54, 1.807) is 0 Å². The van der Waals surface area contributed by atoms with Gasteiger partial charge in [0.1, 0.15) is 0 Å². The molecule has 3 heteroatoms. The van der Waals surface area contributed by atoms with Crippen molar-refractivity contribution in [2.24, 2.45) is 11.7 Å². The normalized spacial score (nSPS) is 20.6. The Bertz CT molecular complexity index is 312. The minimum absolute atomic E-state index is 0.585. The Hall–Kier alpha value is -0.540. The summed E-state index contributed by atoms with van der Waals surface area (Å²) in [4.78, 5) is 0. The van der Waals surface area contributed by atoms with Crippen LogP contribution in [0.2, 0.25) is 0 Å². The lowest BCUT2D eigenvalue weighted by Gasteiger charge is -2.25. The number of fused-ring (bicyclic) bond motifs is 1. The van der Waals surface area contributed by atoms with E-state index in [4.69, 9.17) is 5.73 Å². The molecule has 0 spiro atoms. The SMILES string of the molecule is NCC1CNc2ccc(Br)cc2C1. The van der Waals surface area contributed by atoms with Gasteiger partial charge in [0, 0.05) is 16.7 Å². The molecule has 0 saturated carbocycles. The topological polar surface area (TPSA) is 38.0 Å². The van der Waals surface area contributed by atoms with Crippen LogP contribution in [0, 0.1) is 5.92 Å². The zero-order valence-corrected chi connectivity index (χ0v) is 8.97. The first kappa shape index (κ1) is 9.03. The summed E-state index contributed by atoms with van der Waals surface area (Å²) in [6.07, 6.45) is 1.10. The number of rotatable bonds is 1. The largest absolute Gasteiger partial charge is 0.384 e. The third kappa shape index (κ3) is 1.86. The highest BCUT2D eigenvalue weighted by Gasteiger charge is 2.16. The van der Waals surface area contributed by atoms with Gasteiger partial charge in [0.2, 0.25) is 0 Å². The molecule has 1 heterocycles. The Morgan fingerprint density at radius 3 is 3.15 bits per heavy atom. The molecule has 0 saturated heterocycles. The van der Waals surface area contributed by atoms with E-state index in [2.05, 4.69) is 39.4 Å². The molecule has 1 aliphatic heterocycles. The Labute approximate surface area is 86.6 Å². The lowest BCUT2D eigenvalue weighted by Crippen LogP contribution is -2.29. The van der Waals surface area contributed by atoms with E-state index in [1.165, 1.54) is 11.3 Å². The van der Waals surface area contributed by atoms with Gasteiger partial charge in [-0.1, -0.05) is 15.9 Å². The summed E-state index contributed by atoms with van der Waals surface area (Å²) in [5.41, 5.74) is 8.28.